The SMILES string of the molecule is CCCCCC[C@@H](C)OC(=O)C1CCc2cc(C#Cc3ccc(OCCCCC)cc3)ccc2C1. The molecular formula is C32H42O3. The van der Waals surface area contributed by atoms with Crippen LogP contribution < -0.4 is 4.74 Å². The second-order valence-corrected chi connectivity index (χ2v) is 9.85. The van der Waals surface area contributed by atoms with Gasteiger partial charge in [0.2, 0.25) is 0 Å². The Labute approximate surface area is 212 Å². The molecule has 35 heavy (non-hydrogen) atoms. The zero-order valence-corrected chi connectivity index (χ0v) is 21.9. The smallest absolute Gasteiger partial charge is 0.309 e. The molecule has 2 atom stereocenters. The van der Waals surface area contributed by atoms with Gasteiger partial charge in [0.15, 0.2) is 0 Å². The van der Waals surface area contributed by atoms with Gasteiger partial charge < -0.3 is 9.47 Å². The maximum Gasteiger partial charge on any atom is 0.309 e. The summed E-state index contributed by atoms with van der Waals surface area (Å²) in [5.74, 6) is 7.41. The number of carbonyl (C=O) groups is 1. The average molecular weight is 475 g/mol. The van der Waals surface area contributed by atoms with E-state index in [1.165, 1.54) is 43.2 Å². The van der Waals surface area contributed by atoms with Crippen molar-refractivity contribution in [2.75, 3.05) is 6.61 Å². The molecule has 188 valence electrons. The van der Waals surface area contributed by atoms with E-state index in [0.717, 1.165) is 62.0 Å². The predicted octanol–water partition coefficient (Wildman–Crippen LogP) is 7.66. The molecular weight excluding hydrogens is 432 g/mol. The summed E-state index contributed by atoms with van der Waals surface area (Å²) in [4.78, 5) is 12.7. The van der Waals surface area contributed by atoms with Gasteiger partial charge >= 0.3 is 5.97 Å². The van der Waals surface area contributed by atoms with Crippen molar-refractivity contribution in [2.45, 2.75) is 97.5 Å². The molecule has 2 aromatic carbocycles. The van der Waals surface area contributed by atoms with Gasteiger partial charge in [-0.1, -0.05) is 63.9 Å². The van der Waals surface area contributed by atoms with Gasteiger partial charge in [0.1, 0.15) is 5.75 Å². The van der Waals surface area contributed by atoms with Gasteiger partial charge in [-0.25, -0.2) is 0 Å². The van der Waals surface area contributed by atoms with Gasteiger partial charge in [-0.15, -0.1) is 0 Å². The summed E-state index contributed by atoms with van der Waals surface area (Å²) in [7, 11) is 0. The van der Waals surface area contributed by atoms with Crippen LogP contribution in [0.25, 0.3) is 0 Å². The van der Waals surface area contributed by atoms with Crippen LogP contribution in [0.1, 0.15) is 101 Å². The highest BCUT2D eigenvalue weighted by molar-refractivity contribution is 5.73. The van der Waals surface area contributed by atoms with Crippen LogP contribution in [0.15, 0.2) is 42.5 Å². The summed E-state index contributed by atoms with van der Waals surface area (Å²) in [6.45, 7) is 7.20. The zero-order chi connectivity index (χ0) is 24.9. The Morgan fingerprint density at radius 2 is 1.63 bits per heavy atom. The number of benzene rings is 2. The maximum atomic E-state index is 12.7. The molecule has 0 aliphatic heterocycles. The van der Waals surface area contributed by atoms with Gasteiger partial charge in [-0.05, 0) is 93.0 Å². The Kier molecular flexibility index (Phi) is 11.2. The molecule has 0 saturated heterocycles. The number of hydrogen-bond donors (Lipinski definition) is 0. The molecule has 0 bridgehead atoms. The van der Waals surface area contributed by atoms with Crippen molar-refractivity contribution in [3.63, 3.8) is 0 Å². The lowest BCUT2D eigenvalue weighted by molar-refractivity contribution is -0.154. The van der Waals surface area contributed by atoms with Gasteiger partial charge in [-0.2, -0.15) is 0 Å². The lowest BCUT2D eigenvalue weighted by Crippen LogP contribution is -2.27. The molecule has 0 fully saturated rings. The summed E-state index contributed by atoms with van der Waals surface area (Å²) in [5.41, 5.74) is 4.56. The first-order valence-corrected chi connectivity index (χ1v) is 13.7. The van der Waals surface area contributed by atoms with Crippen molar-refractivity contribution in [1.29, 1.82) is 0 Å². The molecule has 3 heteroatoms. The Balaban J connectivity index is 1.50. The lowest BCUT2D eigenvalue weighted by atomic mass is 9.83. The number of carbonyl (C=O) groups excluding carboxylic acids is 1. The number of unbranched alkanes of at least 4 members (excludes halogenated alkanes) is 5. The fourth-order valence-electron chi connectivity index (χ4n) is 4.57. The Morgan fingerprint density at radius 3 is 2.40 bits per heavy atom. The number of fused-ring (bicyclic) bond motifs is 1. The second-order valence-electron chi connectivity index (χ2n) is 9.85. The number of hydrogen-bond acceptors (Lipinski definition) is 3. The van der Waals surface area contributed by atoms with Crippen LogP contribution in [0.5, 0.6) is 5.75 Å². The molecule has 2 aromatic rings. The molecule has 0 radical (unpaired) electrons. The monoisotopic (exact) mass is 474 g/mol. The minimum absolute atomic E-state index is 0.0140. The van der Waals surface area contributed by atoms with Crippen molar-refractivity contribution in [1.82, 2.24) is 0 Å². The normalized spacial score (nSPS) is 15.5. The van der Waals surface area contributed by atoms with Gasteiger partial charge in [-0.3, -0.25) is 4.79 Å². The molecule has 0 N–H and O–H groups in total. The third kappa shape index (κ3) is 9.10. The standard InChI is InChI=1S/C32H42O3/c1-4-6-8-9-11-25(3)35-32(33)30-19-18-28-23-27(14-17-29(28)24-30)13-12-26-15-20-31(21-16-26)34-22-10-7-5-2/h14-17,20-21,23,25,30H,4-11,18-19,22,24H2,1-3H3/t25-,30?/m1/s1. The van der Waals surface area contributed by atoms with Crippen molar-refractivity contribution < 1.29 is 14.3 Å². The summed E-state index contributed by atoms with van der Waals surface area (Å²) < 4.78 is 11.5. The van der Waals surface area contributed by atoms with E-state index >= 15 is 0 Å². The highest BCUT2D eigenvalue weighted by Gasteiger charge is 2.27. The van der Waals surface area contributed by atoms with E-state index in [1.807, 2.05) is 31.2 Å². The number of aryl methyl sites for hydroxylation is 1. The van der Waals surface area contributed by atoms with E-state index < -0.39 is 0 Å². The molecule has 1 aliphatic rings. The van der Waals surface area contributed by atoms with E-state index in [0.29, 0.717) is 0 Å². The molecule has 0 aromatic heterocycles. The zero-order valence-electron chi connectivity index (χ0n) is 21.9. The summed E-state index contributed by atoms with van der Waals surface area (Å²) in [5, 5.41) is 0. The minimum Gasteiger partial charge on any atom is -0.494 e. The van der Waals surface area contributed by atoms with Crippen LogP contribution in [-0.4, -0.2) is 18.7 Å². The highest BCUT2D eigenvalue weighted by Crippen LogP contribution is 2.28. The predicted molar refractivity (Wildman–Crippen MR) is 144 cm³/mol. The topological polar surface area (TPSA) is 35.5 Å². The Bertz CT molecular complexity index is 980. The van der Waals surface area contributed by atoms with Gasteiger partial charge in [0.25, 0.3) is 0 Å². The van der Waals surface area contributed by atoms with E-state index in [1.54, 1.807) is 0 Å². The van der Waals surface area contributed by atoms with E-state index in [4.69, 9.17) is 9.47 Å². The van der Waals surface area contributed by atoms with Gasteiger partial charge in [0, 0.05) is 11.1 Å². The first-order valence-electron chi connectivity index (χ1n) is 13.7. The Hall–Kier alpha value is -2.73. The largest absolute Gasteiger partial charge is 0.494 e. The third-order valence-corrected chi connectivity index (χ3v) is 6.77. The third-order valence-electron chi connectivity index (χ3n) is 6.77. The minimum atomic E-state index is -0.0276. The van der Waals surface area contributed by atoms with E-state index in [9.17, 15) is 4.79 Å². The summed E-state index contributed by atoms with van der Waals surface area (Å²) in [6.07, 6.45) is 11.8. The van der Waals surface area contributed by atoms with Crippen LogP contribution >= 0.6 is 0 Å². The molecule has 0 spiro atoms. The fourth-order valence-corrected chi connectivity index (χ4v) is 4.57. The van der Waals surface area contributed by atoms with Crippen molar-refractivity contribution >= 4 is 5.97 Å². The fraction of sp³-hybridized carbons (Fsp3) is 0.531. The number of ether oxygens (including phenoxy) is 2. The van der Waals surface area contributed by atoms with Crippen LogP contribution in [0, 0.1) is 17.8 Å². The van der Waals surface area contributed by atoms with Crippen molar-refractivity contribution in [3.8, 4) is 17.6 Å². The van der Waals surface area contributed by atoms with E-state index in [-0.39, 0.29) is 18.0 Å². The van der Waals surface area contributed by atoms with Crippen molar-refractivity contribution in [2.24, 2.45) is 5.92 Å². The number of esters is 1. The van der Waals surface area contributed by atoms with E-state index in [2.05, 4.69) is 43.9 Å². The molecule has 0 amide bonds. The molecule has 0 heterocycles. The first kappa shape index (κ1) is 26.9. The molecule has 3 nitrogen and oxygen atoms in total. The van der Waals surface area contributed by atoms with Crippen LogP contribution in [-0.2, 0) is 22.4 Å². The summed E-state index contributed by atoms with van der Waals surface area (Å²) in [6, 6.07) is 14.4. The van der Waals surface area contributed by atoms with Gasteiger partial charge in [0.05, 0.1) is 18.6 Å². The van der Waals surface area contributed by atoms with Crippen LogP contribution in [0.3, 0.4) is 0 Å². The van der Waals surface area contributed by atoms with Crippen LogP contribution in [0.4, 0.5) is 0 Å². The van der Waals surface area contributed by atoms with Crippen LogP contribution in [0.2, 0.25) is 0 Å². The highest BCUT2D eigenvalue weighted by atomic mass is 16.5. The maximum absolute atomic E-state index is 12.7. The molecule has 1 unspecified atom stereocenters. The molecule has 0 saturated carbocycles. The Morgan fingerprint density at radius 1 is 0.914 bits per heavy atom. The molecule has 3 rings (SSSR count). The summed E-state index contributed by atoms with van der Waals surface area (Å²) >= 11 is 0. The molecule has 1 aliphatic carbocycles. The van der Waals surface area contributed by atoms with Crippen molar-refractivity contribution in [3.05, 3.63) is 64.7 Å². The number of rotatable bonds is 12. The average Bonchev–Trinajstić information content (AvgIpc) is 2.88. The lowest BCUT2D eigenvalue weighted by Gasteiger charge is -2.25. The quantitative estimate of drug-likeness (QED) is 0.180. The second kappa shape index (κ2) is 14.6. The first-order chi connectivity index (χ1) is 17.1.